The first kappa shape index (κ1) is 20.1. The van der Waals surface area contributed by atoms with Gasteiger partial charge in [0, 0.05) is 11.6 Å². The monoisotopic (exact) mass is 372 g/mol. The van der Waals surface area contributed by atoms with Gasteiger partial charge < -0.3 is 9.84 Å². The van der Waals surface area contributed by atoms with Crippen LogP contribution in [0.4, 0.5) is 0 Å². The fourth-order valence-electron chi connectivity index (χ4n) is 2.44. The molecule has 0 heterocycles. The molecule has 0 spiro atoms. The van der Waals surface area contributed by atoms with Gasteiger partial charge in [-0.3, -0.25) is 4.79 Å². The van der Waals surface area contributed by atoms with Crippen molar-refractivity contribution >= 4 is 12.1 Å². The minimum absolute atomic E-state index is 0.138. The van der Waals surface area contributed by atoms with Crippen LogP contribution in [0.2, 0.25) is 0 Å². The van der Waals surface area contributed by atoms with Crippen molar-refractivity contribution in [2.75, 3.05) is 20.8 Å². The van der Waals surface area contributed by atoms with Gasteiger partial charge in [0.25, 0.3) is 10.6 Å². The highest BCUT2D eigenvalue weighted by Gasteiger charge is 2.20. The van der Waals surface area contributed by atoms with Gasteiger partial charge in [-0.1, -0.05) is 24.3 Å². The number of hydrogen-bond donors (Lipinski definition) is 2. The van der Waals surface area contributed by atoms with Gasteiger partial charge in [0.15, 0.2) is 7.11 Å². The van der Waals surface area contributed by atoms with Crippen molar-refractivity contribution in [2.24, 2.45) is 5.10 Å². The molecule has 0 fully saturated rings. The molecule has 1 amide bonds. The number of amides is 1. The number of rotatable bonds is 8. The topological polar surface area (TPSA) is 100 Å². The number of benzene rings is 1. The van der Waals surface area contributed by atoms with Gasteiger partial charge in [0.05, 0.1) is 37.7 Å². The Bertz CT molecular complexity index is 824. The molecule has 0 saturated carbocycles. The maximum absolute atomic E-state index is 12.1. The van der Waals surface area contributed by atoms with Crippen molar-refractivity contribution in [1.82, 2.24) is 5.43 Å². The van der Waals surface area contributed by atoms with Crippen LogP contribution in [0.1, 0.15) is 12.0 Å². The molecule has 0 saturated heterocycles. The number of carbonyl (C=O) groups excluding carboxylic acids is 1. The summed E-state index contributed by atoms with van der Waals surface area (Å²) >= 11 is 0. The second kappa shape index (κ2) is 10.0. The minimum atomic E-state index is -0.304. The van der Waals surface area contributed by atoms with E-state index >= 15 is 0 Å². The average molecular weight is 372 g/mol. The molecule has 0 aliphatic heterocycles. The van der Waals surface area contributed by atoms with E-state index in [1.165, 1.54) is 13.3 Å². The van der Waals surface area contributed by atoms with Gasteiger partial charge in [-0.25, -0.2) is 10.3 Å². The van der Waals surface area contributed by atoms with Crippen LogP contribution in [0.15, 0.2) is 64.4 Å². The largest absolute Gasteiger partial charge is 0.497 e. The molecule has 27 heavy (non-hydrogen) atoms. The summed E-state index contributed by atoms with van der Waals surface area (Å²) in [7, 11) is 2.83. The number of aliphatic hydroxyl groups excluding tert-OH is 1. The van der Waals surface area contributed by atoms with Crippen molar-refractivity contribution in [2.45, 2.75) is 12.8 Å². The molecule has 8 nitrogen and oxygen atoms in total. The van der Waals surface area contributed by atoms with Crippen LogP contribution in [0.3, 0.4) is 0 Å². The fraction of sp³-hybridized carbons (Fsp3) is 0.263. The summed E-state index contributed by atoms with van der Waals surface area (Å²) in [6, 6.07) is 7.19. The fourth-order valence-corrected chi connectivity index (χ4v) is 2.44. The predicted octanol–water partition coefficient (Wildman–Crippen LogP) is 1.81. The summed E-state index contributed by atoms with van der Waals surface area (Å²) in [5.74, 6) is 0.367. The number of nitrogens with one attached hydrogen (secondary N) is 1. The first-order chi connectivity index (χ1) is 13.1. The van der Waals surface area contributed by atoms with Gasteiger partial charge in [0.1, 0.15) is 5.75 Å². The predicted molar refractivity (Wildman–Crippen MR) is 99.9 cm³/mol. The lowest BCUT2D eigenvalue weighted by atomic mass is 10.1. The van der Waals surface area contributed by atoms with E-state index in [4.69, 9.17) is 4.74 Å². The number of nitrogens with zero attached hydrogens (tertiary/aromatic N) is 2. The van der Waals surface area contributed by atoms with Crippen molar-refractivity contribution in [1.29, 1.82) is 0 Å². The van der Waals surface area contributed by atoms with Crippen LogP contribution in [-0.2, 0) is 16.1 Å². The van der Waals surface area contributed by atoms with Crippen LogP contribution < -0.4 is 10.2 Å². The maximum atomic E-state index is 12.1. The number of hydrazone groups is 1. The number of aliphatic hydroxyl groups is 1. The van der Waals surface area contributed by atoms with E-state index in [-0.39, 0.29) is 18.9 Å². The minimum Gasteiger partial charge on any atom is -0.497 e. The summed E-state index contributed by atoms with van der Waals surface area (Å²) in [5, 5.41) is 13.4. The molecule has 0 unspecified atom stereocenters. The maximum Gasteiger partial charge on any atom is 0.297 e. The Kier molecular flexibility index (Phi) is 7.45. The normalized spacial score (nSPS) is 14.0. The molecule has 0 bridgehead atoms. The standard InChI is InChI=1S/C19H21N3O5/c1-26-18-8-3-5-14(9-18)10-19(24)21-20-12-16-11-17(22(25)27-2)7-4-6-15(16)13-23/h3-6,8-9,11-12,23H,7,10,13H2,1-2H3/p+1/b20-12+. The van der Waals surface area contributed by atoms with Gasteiger partial charge in [-0.2, -0.15) is 5.10 Å². The number of carbonyl (C=O) groups is 1. The second-order valence-corrected chi connectivity index (χ2v) is 5.64. The van der Waals surface area contributed by atoms with Gasteiger partial charge in [0.2, 0.25) is 5.91 Å². The lowest BCUT2D eigenvalue weighted by molar-refractivity contribution is -0.762. The Hall–Kier alpha value is -3.26. The molecular weight excluding hydrogens is 350 g/mol. The summed E-state index contributed by atoms with van der Waals surface area (Å²) in [5.41, 5.74) is 4.65. The molecule has 0 aromatic heterocycles. The third-order valence-corrected chi connectivity index (χ3v) is 3.80. The molecule has 8 heteroatoms. The van der Waals surface area contributed by atoms with Crippen LogP contribution in [0, 0.1) is 4.91 Å². The molecule has 1 aliphatic carbocycles. The highest BCUT2D eigenvalue weighted by atomic mass is 16.8. The van der Waals surface area contributed by atoms with E-state index in [0.29, 0.717) is 33.9 Å². The number of hydrogen-bond acceptors (Lipinski definition) is 6. The first-order valence-electron chi connectivity index (χ1n) is 8.24. The van der Waals surface area contributed by atoms with E-state index in [1.807, 2.05) is 6.07 Å². The molecule has 2 rings (SSSR count). The SMILES string of the molecule is COc1cccc(CC(=O)N/N=C/C2=C(CO)C=CCC([N+](=O)OC)=C2)c1. The highest BCUT2D eigenvalue weighted by Crippen LogP contribution is 2.17. The zero-order chi connectivity index (χ0) is 19.6. The summed E-state index contributed by atoms with van der Waals surface area (Å²) in [6.07, 6.45) is 6.86. The van der Waals surface area contributed by atoms with Crippen molar-refractivity contribution in [3.05, 3.63) is 69.8 Å². The lowest BCUT2D eigenvalue weighted by Crippen LogP contribution is -2.20. The van der Waals surface area contributed by atoms with Crippen LogP contribution in [-0.4, -0.2) is 43.0 Å². The molecular formula is C19H22N3O5+. The summed E-state index contributed by atoms with van der Waals surface area (Å²) in [6.45, 7) is -0.231. The smallest absolute Gasteiger partial charge is 0.297 e. The Morgan fingerprint density at radius 3 is 2.93 bits per heavy atom. The Balaban J connectivity index is 2.07. The number of methoxy groups -OCH3 is 1. The van der Waals surface area contributed by atoms with E-state index < -0.39 is 0 Å². The third kappa shape index (κ3) is 5.89. The molecule has 142 valence electrons. The van der Waals surface area contributed by atoms with Gasteiger partial charge in [-0.15, -0.1) is 0 Å². The van der Waals surface area contributed by atoms with E-state index in [9.17, 15) is 14.8 Å². The van der Waals surface area contributed by atoms with Crippen LogP contribution in [0.25, 0.3) is 0 Å². The van der Waals surface area contributed by atoms with E-state index in [2.05, 4.69) is 15.4 Å². The van der Waals surface area contributed by atoms with Crippen LogP contribution >= 0.6 is 0 Å². The first-order valence-corrected chi connectivity index (χ1v) is 8.24. The lowest BCUT2D eigenvalue weighted by Gasteiger charge is -2.04. The molecule has 1 aromatic rings. The summed E-state index contributed by atoms with van der Waals surface area (Å²) < 4.78 is 5.13. The quantitative estimate of drug-likeness (QED) is 0.535. The summed E-state index contributed by atoms with van der Waals surface area (Å²) in [4.78, 5) is 28.8. The zero-order valence-electron chi connectivity index (χ0n) is 15.2. The molecule has 1 aliphatic rings. The Morgan fingerprint density at radius 2 is 2.22 bits per heavy atom. The molecule has 0 radical (unpaired) electrons. The number of ether oxygens (including phenoxy) is 1. The Labute approximate surface area is 157 Å². The molecule has 0 atom stereocenters. The Morgan fingerprint density at radius 1 is 1.41 bits per heavy atom. The van der Waals surface area contributed by atoms with Crippen LogP contribution in [0.5, 0.6) is 5.75 Å². The number of allylic oxidation sites excluding steroid dienone is 3. The molecule has 2 N–H and O–H groups in total. The highest BCUT2D eigenvalue weighted by molar-refractivity contribution is 5.86. The van der Waals surface area contributed by atoms with E-state index in [1.54, 1.807) is 43.5 Å². The van der Waals surface area contributed by atoms with Crippen molar-refractivity contribution in [3.8, 4) is 5.75 Å². The van der Waals surface area contributed by atoms with E-state index in [0.717, 1.165) is 5.56 Å². The average Bonchev–Trinajstić information content (AvgIpc) is 2.89. The zero-order valence-corrected chi connectivity index (χ0v) is 15.2. The second-order valence-electron chi connectivity index (χ2n) is 5.64. The molecule has 1 aromatic carbocycles. The van der Waals surface area contributed by atoms with Crippen molar-refractivity contribution < 1.29 is 24.4 Å². The van der Waals surface area contributed by atoms with Gasteiger partial charge >= 0.3 is 0 Å². The van der Waals surface area contributed by atoms with Gasteiger partial charge in [-0.05, 0) is 23.3 Å². The third-order valence-electron chi connectivity index (χ3n) is 3.80. The van der Waals surface area contributed by atoms with Crippen molar-refractivity contribution in [3.63, 3.8) is 0 Å².